The van der Waals surface area contributed by atoms with Crippen LogP contribution in [0.5, 0.6) is 0 Å². The van der Waals surface area contributed by atoms with Crippen molar-refractivity contribution in [3.63, 3.8) is 0 Å². The molecule has 0 fully saturated rings. The number of benzene rings is 1. The Labute approximate surface area is 125 Å². The first kappa shape index (κ1) is 15.3. The Balaban J connectivity index is 2.30. The van der Waals surface area contributed by atoms with Gasteiger partial charge in [0.15, 0.2) is 5.69 Å². The smallest absolute Gasteiger partial charge is 0.354 e. The van der Waals surface area contributed by atoms with Gasteiger partial charge in [0.05, 0.1) is 5.52 Å². The summed E-state index contributed by atoms with van der Waals surface area (Å²) in [5, 5.41) is 13.6. The lowest BCUT2D eigenvalue weighted by Crippen LogP contribution is -2.17. The maximum atomic E-state index is 11.2. The summed E-state index contributed by atoms with van der Waals surface area (Å²) in [6.07, 6.45) is 2.19. The molecule has 1 aromatic carbocycles. The Morgan fingerprint density at radius 1 is 1.24 bits per heavy atom. The number of nitrogens with one attached hydrogen (secondary N) is 1. The number of hydrogen-bond donors (Lipinski definition) is 2. The number of anilines is 1. The lowest BCUT2D eigenvalue weighted by Gasteiger charge is -2.18. The van der Waals surface area contributed by atoms with Crippen LogP contribution >= 0.6 is 0 Å². The highest BCUT2D eigenvalue weighted by molar-refractivity contribution is 5.97. The summed E-state index contributed by atoms with van der Waals surface area (Å²) in [5.41, 5.74) is 1.62. The van der Waals surface area contributed by atoms with Crippen molar-refractivity contribution in [1.82, 2.24) is 4.98 Å². The first-order chi connectivity index (χ1) is 9.97. The van der Waals surface area contributed by atoms with Crippen LogP contribution in [0.3, 0.4) is 0 Å². The first-order valence-corrected chi connectivity index (χ1v) is 7.37. The van der Waals surface area contributed by atoms with Crippen molar-refractivity contribution < 1.29 is 9.90 Å². The van der Waals surface area contributed by atoms with Gasteiger partial charge in [-0.2, -0.15) is 0 Å². The van der Waals surface area contributed by atoms with E-state index in [1.54, 1.807) is 6.07 Å². The van der Waals surface area contributed by atoms with Gasteiger partial charge in [0.1, 0.15) is 0 Å². The molecule has 1 aromatic heterocycles. The fraction of sp³-hybridized carbons (Fsp3) is 0.412. The first-order valence-electron chi connectivity index (χ1n) is 7.37. The van der Waals surface area contributed by atoms with Crippen molar-refractivity contribution >= 4 is 22.6 Å². The van der Waals surface area contributed by atoms with Gasteiger partial charge in [0.25, 0.3) is 0 Å². The van der Waals surface area contributed by atoms with Crippen LogP contribution in [-0.2, 0) is 0 Å². The van der Waals surface area contributed by atoms with E-state index in [1.165, 1.54) is 0 Å². The topological polar surface area (TPSA) is 62.2 Å². The minimum absolute atomic E-state index is 0.0762. The second kappa shape index (κ2) is 6.57. The molecule has 0 aliphatic rings. The predicted molar refractivity (Wildman–Crippen MR) is 85.9 cm³/mol. The quantitative estimate of drug-likeness (QED) is 0.836. The van der Waals surface area contributed by atoms with Crippen molar-refractivity contribution in [3.8, 4) is 0 Å². The van der Waals surface area contributed by atoms with Crippen molar-refractivity contribution in [1.29, 1.82) is 0 Å². The molecule has 1 unspecified atom stereocenters. The molecule has 0 aliphatic carbocycles. The molecule has 1 heterocycles. The zero-order valence-electron chi connectivity index (χ0n) is 12.8. The van der Waals surface area contributed by atoms with Crippen LogP contribution in [0, 0.1) is 5.92 Å². The Hall–Kier alpha value is -2.10. The van der Waals surface area contributed by atoms with Crippen LogP contribution in [0.25, 0.3) is 10.9 Å². The Morgan fingerprint density at radius 3 is 2.62 bits per heavy atom. The summed E-state index contributed by atoms with van der Waals surface area (Å²) in [5.74, 6) is -0.336. The van der Waals surface area contributed by atoms with E-state index in [4.69, 9.17) is 0 Å². The van der Waals surface area contributed by atoms with Gasteiger partial charge in [-0.25, -0.2) is 9.78 Å². The summed E-state index contributed by atoms with van der Waals surface area (Å²) in [4.78, 5) is 15.4. The summed E-state index contributed by atoms with van der Waals surface area (Å²) < 4.78 is 0. The molecule has 0 bridgehead atoms. The third-order valence-electron chi connectivity index (χ3n) is 3.51. The normalized spacial score (nSPS) is 12.6. The highest BCUT2D eigenvalue weighted by Gasteiger charge is 2.12. The number of rotatable bonds is 6. The largest absolute Gasteiger partial charge is 0.477 e. The average molecular weight is 286 g/mol. The van der Waals surface area contributed by atoms with E-state index in [1.807, 2.05) is 24.3 Å². The highest BCUT2D eigenvalue weighted by atomic mass is 16.4. The van der Waals surface area contributed by atoms with Gasteiger partial charge in [0.2, 0.25) is 0 Å². The third kappa shape index (κ3) is 3.94. The van der Waals surface area contributed by atoms with Crippen molar-refractivity contribution in [2.45, 2.75) is 39.7 Å². The summed E-state index contributed by atoms with van der Waals surface area (Å²) in [7, 11) is 0. The second-order valence-corrected chi connectivity index (χ2v) is 5.89. The van der Waals surface area contributed by atoms with Gasteiger partial charge in [0, 0.05) is 17.1 Å². The molecule has 0 spiro atoms. The highest BCUT2D eigenvalue weighted by Crippen LogP contribution is 2.24. The van der Waals surface area contributed by atoms with E-state index >= 15 is 0 Å². The maximum absolute atomic E-state index is 11.2. The molecule has 0 aliphatic heterocycles. The molecule has 2 N–H and O–H groups in total. The zero-order chi connectivity index (χ0) is 15.4. The number of carboxylic acid groups (broad SMARTS) is 1. The van der Waals surface area contributed by atoms with Gasteiger partial charge in [-0.1, -0.05) is 32.0 Å². The molecule has 2 aromatic rings. The van der Waals surface area contributed by atoms with Crippen molar-refractivity contribution in [2.24, 2.45) is 5.92 Å². The molecule has 0 saturated heterocycles. The van der Waals surface area contributed by atoms with Gasteiger partial charge in [-0.3, -0.25) is 0 Å². The van der Waals surface area contributed by atoms with E-state index in [2.05, 4.69) is 31.1 Å². The molecule has 2 rings (SSSR count). The number of para-hydroxylation sites is 1. The van der Waals surface area contributed by atoms with Crippen LogP contribution in [0.1, 0.15) is 44.1 Å². The molecule has 0 amide bonds. The summed E-state index contributed by atoms with van der Waals surface area (Å²) in [6, 6.07) is 9.52. The van der Waals surface area contributed by atoms with Crippen molar-refractivity contribution in [2.75, 3.05) is 5.32 Å². The fourth-order valence-electron chi connectivity index (χ4n) is 2.33. The lowest BCUT2D eigenvalue weighted by molar-refractivity contribution is 0.0691. The Morgan fingerprint density at radius 2 is 1.95 bits per heavy atom. The van der Waals surface area contributed by atoms with E-state index in [0.717, 1.165) is 23.9 Å². The van der Waals surface area contributed by atoms with Gasteiger partial charge in [-0.15, -0.1) is 0 Å². The number of fused-ring (bicyclic) bond motifs is 1. The van der Waals surface area contributed by atoms with E-state index < -0.39 is 5.97 Å². The number of pyridine rings is 1. The van der Waals surface area contributed by atoms with Crippen LogP contribution in [0.4, 0.5) is 5.69 Å². The van der Waals surface area contributed by atoms with Crippen LogP contribution < -0.4 is 5.32 Å². The summed E-state index contributed by atoms with van der Waals surface area (Å²) in [6.45, 7) is 6.53. The van der Waals surface area contributed by atoms with Gasteiger partial charge >= 0.3 is 5.97 Å². The maximum Gasteiger partial charge on any atom is 0.354 e. The van der Waals surface area contributed by atoms with E-state index in [9.17, 15) is 9.90 Å². The zero-order valence-corrected chi connectivity index (χ0v) is 12.8. The van der Waals surface area contributed by atoms with Crippen LogP contribution in [0.15, 0.2) is 30.3 Å². The SMILES string of the molecule is CC(C)CCC(C)Nc1cc(C(=O)O)nc2ccccc12. The lowest BCUT2D eigenvalue weighted by atomic mass is 10.0. The molecule has 112 valence electrons. The van der Waals surface area contributed by atoms with E-state index in [0.29, 0.717) is 17.5 Å². The average Bonchev–Trinajstić information content (AvgIpc) is 2.45. The van der Waals surface area contributed by atoms with Crippen LogP contribution in [0.2, 0.25) is 0 Å². The standard InChI is InChI=1S/C17H22N2O2/c1-11(2)8-9-12(3)18-15-10-16(17(20)21)19-14-7-5-4-6-13(14)15/h4-7,10-12H,8-9H2,1-3H3,(H,18,19)(H,20,21). The minimum atomic E-state index is -1.00. The van der Waals surface area contributed by atoms with Gasteiger partial charge < -0.3 is 10.4 Å². The molecule has 4 nitrogen and oxygen atoms in total. The van der Waals surface area contributed by atoms with E-state index in [-0.39, 0.29) is 5.69 Å². The van der Waals surface area contributed by atoms with Gasteiger partial charge in [-0.05, 0) is 37.8 Å². The number of carbonyl (C=O) groups is 1. The molecule has 0 radical (unpaired) electrons. The minimum Gasteiger partial charge on any atom is -0.477 e. The third-order valence-corrected chi connectivity index (χ3v) is 3.51. The molecule has 21 heavy (non-hydrogen) atoms. The number of aromatic carboxylic acids is 1. The number of hydrogen-bond acceptors (Lipinski definition) is 3. The molecular formula is C17H22N2O2. The Bertz CT molecular complexity index is 638. The monoisotopic (exact) mass is 286 g/mol. The number of nitrogens with zero attached hydrogens (tertiary/aromatic N) is 1. The molecule has 0 saturated carbocycles. The molecule has 1 atom stereocenters. The fourth-order valence-corrected chi connectivity index (χ4v) is 2.33. The Kier molecular flexibility index (Phi) is 4.78. The van der Waals surface area contributed by atoms with Crippen molar-refractivity contribution in [3.05, 3.63) is 36.0 Å². The molecule has 4 heteroatoms. The van der Waals surface area contributed by atoms with Crippen LogP contribution in [-0.4, -0.2) is 22.1 Å². The number of aromatic nitrogens is 1. The predicted octanol–water partition coefficient (Wildman–Crippen LogP) is 4.17. The molecular weight excluding hydrogens is 264 g/mol. The summed E-state index contributed by atoms with van der Waals surface area (Å²) >= 11 is 0. The number of carboxylic acids is 1. The second-order valence-electron chi connectivity index (χ2n) is 5.89.